The molecule has 2 N–H and O–H groups in total. The van der Waals surface area contributed by atoms with Crippen molar-refractivity contribution in [2.75, 3.05) is 6.54 Å². The van der Waals surface area contributed by atoms with Gasteiger partial charge in [-0.2, -0.15) is 0 Å². The van der Waals surface area contributed by atoms with Crippen LogP contribution in [0.3, 0.4) is 0 Å². The number of carbonyl (C=O) groups is 1. The van der Waals surface area contributed by atoms with Gasteiger partial charge in [-0.05, 0) is 85.7 Å². The van der Waals surface area contributed by atoms with Crippen molar-refractivity contribution in [1.29, 1.82) is 0 Å². The van der Waals surface area contributed by atoms with Crippen LogP contribution in [0, 0.1) is 13.8 Å². The van der Waals surface area contributed by atoms with E-state index in [1.807, 2.05) is 38.1 Å². The van der Waals surface area contributed by atoms with Gasteiger partial charge in [-0.25, -0.2) is 4.79 Å². The highest BCUT2D eigenvalue weighted by atomic mass is 16.5. The molecule has 3 atom stereocenters. The largest absolute Gasteiger partial charge is 0.490 e. The number of aromatic carboxylic acids is 1. The summed E-state index contributed by atoms with van der Waals surface area (Å²) in [5.41, 5.74) is 5.64. The van der Waals surface area contributed by atoms with Gasteiger partial charge in [-0.3, -0.25) is 0 Å². The van der Waals surface area contributed by atoms with Crippen LogP contribution in [-0.2, 0) is 0 Å². The molecule has 4 aromatic rings. The van der Waals surface area contributed by atoms with Gasteiger partial charge in [0.25, 0.3) is 0 Å². The van der Waals surface area contributed by atoms with Gasteiger partial charge in [0, 0.05) is 17.5 Å². The molecule has 0 bridgehead atoms. The maximum Gasteiger partial charge on any atom is 0.336 e. The van der Waals surface area contributed by atoms with Gasteiger partial charge < -0.3 is 15.2 Å². The second kappa shape index (κ2) is 10.8. The Balaban J connectivity index is 1.28. The molecule has 1 aliphatic heterocycles. The minimum atomic E-state index is -0.861. The summed E-state index contributed by atoms with van der Waals surface area (Å²) < 4.78 is 6.43. The molecule has 0 aliphatic carbocycles. The van der Waals surface area contributed by atoms with E-state index in [1.54, 1.807) is 0 Å². The van der Waals surface area contributed by atoms with Gasteiger partial charge in [0.1, 0.15) is 5.75 Å². The summed E-state index contributed by atoms with van der Waals surface area (Å²) in [6, 6.07) is 27.6. The molecule has 190 valence electrons. The van der Waals surface area contributed by atoms with E-state index >= 15 is 0 Å². The molecule has 0 saturated carbocycles. The lowest BCUT2D eigenvalue weighted by molar-refractivity contribution is 0.0695. The summed E-state index contributed by atoms with van der Waals surface area (Å²) in [7, 11) is 0. The number of aryl methyl sites for hydroxylation is 1. The fourth-order valence-electron chi connectivity index (χ4n) is 5.92. The Labute approximate surface area is 219 Å². The molecule has 4 heteroatoms. The van der Waals surface area contributed by atoms with Crippen molar-refractivity contribution in [3.8, 4) is 5.75 Å². The zero-order valence-electron chi connectivity index (χ0n) is 21.8. The highest BCUT2D eigenvalue weighted by molar-refractivity contribution is 5.91. The number of benzene rings is 4. The third kappa shape index (κ3) is 5.12. The van der Waals surface area contributed by atoms with E-state index in [1.165, 1.54) is 16.3 Å². The maximum atomic E-state index is 12.0. The predicted molar refractivity (Wildman–Crippen MR) is 150 cm³/mol. The van der Waals surface area contributed by atoms with Crippen LogP contribution >= 0.6 is 0 Å². The first kappa shape index (κ1) is 25.0. The Kier molecular flexibility index (Phi) is 7.29. The van der Waals surface area contributed by atoms with Crippen LogP contribution in [0.1, 0.15) is 76.3 Å². The van der Waals surface area contributed by atoms with Gasteiger partial charge in [-0.15, -0.1) is 0 Å². The normalized spacial score (nSPS) is 17.7. The lowest BCUT2D eigenvalue weighted by atomic mass is 9.80. The summed E-state index contributed by atoms with van der Waals surface area (Å²) >= 11 is 0. The third-order valence-electron chi connectivity index (χ3n) is 7.83. The van der Waals surface area contributed by atoms with Crippen molar-refractivity contribution in [3.63, 3.8) is 0 Å². The van der Waals surface area contributed by atoms with E-state index in [0.29, 0.717) is 5.56 Å². The number of nitrogens with one attached hydrogen (secondary N) is 1. The molecule has 1 aliphatic rings. The Bertz CT molecular complexity index is 1420. The molecule has 0 amide bonds. The summed E-state index contributed by atoms with van der Waals surface area (Å²) in [6.45, 7) is 6.94. The topological polar surface area (TPSA) is 58.6 Å². The van der Waals surface area contributed by atoms with Crippen LogP contribution in [0.15, 0.2) is 78.9 Å². The van der Waals surface area contributed by atoms with Crippen LogP contribution in [0.4, 0.5) is 0 Å². The Hall–Kier alpha value is -3.63. The van der Waals surface area contributed by atoms with Gasteiger partial charge in [0.2, 0.25) is 0 Å². The smallest absolute Gasteiger partial charge is 0.336 e. The van der Waals surface area contributed by atoms with E-state index in [0.717, 1.165) is 53.8 Å². The minimum Gasteiger partial charge on any atom is -0.490 e. The quantitative estimate of drug-likeness (QED) is 0.249. The molecule has 37 heavy (non-hydrogen) atoms. The molecular formula is C33H35NO3. The number of hydrogen-bond donors (Lipinski definition) is 2. The number of carboxylic acid groups (broad SMARTS) is 1. The summed E-state index contributed by atoms with van der Waals surface area (Å²) in [6.07, 6.45) is 2.88. The van der Waals surface area contributed by atoms with Crippen molar-refractivity contribution in [2.45, 2.75) is 58.1 Å². The molecule has 1 heterocycles. The minimum absolute atomic E-state index is 0.0866. The van der Waals surface area contributed by atoms with E-state index in [-0.39, 0.29) is 18.1 Å². The standard InChI is InChI=1S/C33H35NO3/c1-21-17-18-26(22(2)32(21)33(35)36)30-20-25(37-31-16-7-6-14-29(30)31)12-9-19-34-23(3)27-15-8-11-24-10-4-5-13-28(24)27/h4-8,10-11,13-18,23,25,30,34H,9,12,19-20H2,1-3H3,(H,35,36)/t23-,25-,30-/m1/s1. The zero-order valence-corrected chi connectivity index (χ0v) is 21.8. The number of fused-ring (bicyclic) bond motifs is 2. The molecule has 0 aromatic heterocycles. The molecule has 0 radical (unpaired) electrons. The predicted octanol–water partition coefficient (Wildman–Crippen LogP) is 7.57. The number of ether oxygens (including phenoxy) is 1. The summed E-state index contributed by atoms with van der Waals surface area (Å²) in [5.74, 6) is 0.175. The molecule has 4 aromatic carbocycles. The monoisotopic (exact) mass is 493 g/mol. The van der Waals surface area contributed by atoms with Gasteiger partial charge in [0.15, 0.2) is 0 Å². The molecule has 0 saturated heterocycles. The van der Waals surface area contributed by atoms with Crippen LogP contribution in [-0.4, -0.2) is 23.7 Å². The fraction of sp³-hybridized carbons (Fsp3) is 0.303. The van der Waals surface area contributed by atoms with Crippen LogP contribution in [0.2, 0.25) is 0 Å². The average Bonchev–Trinajstić information content (AvgIpc) is 2.90. The second-order valence-electron chi connectivity index (χ2n) is 10.2. The molecular weight excluding hydrogens is 458 g/mol. The number of carboxylic acids is 1. The van der Waals surface area contributed by atoms with Crippen LogP contribution in [0.5, 0.6) is 5.75 Å². The molecule has 4 nitrogen and oxygen atoms in total. The van der Waals surface area contributed by atoms with E-state index in [9.17, 15) is 9.90 Å². The molecule has 0 fully saturated rings. The van der Waals surface area contributed by atoms with Crippen molar-refractivity contribution in [1.82, 2.24) is 5.32 Å². The average molecular weight is 494 g/mol. The lowest BCUT2D eigenvalue weighted by Crippen LogP contribution is -2.28. The highest BCUT2D eigenvalue weighted by Gasteiger charge is 2.31. The zero-order chi connectivity index (χ0) is 25.9. The summed E-state index contributed by atoms with van der Waals surface area (Å²) in [4.78, 5) is 12.0. The van der Waals surface area contributed by atoms with Gasteiger partial charge >= 0.3 is 5.97 Å². The number of para-hydroxylation sites is 1. The molecule has 0 unspecified atom stereocenters. The maximum absolute atomic E-state index is 12.0. The Morgan fingerprint density at radius 1 is 0.973 bits per heavy atom. The first-order valence-electron chi connectivity index (χ1n) is 13.2. The van der Waals surface area contributed by atoms with Crippen molar-refractivity contribution < 1.29 is 14.6 Å². The fourth-order valence-corrected chi connectivity index (χ4v) is 5.92. The third-order valence-corrected chi connectivity index (χ3v) is 7.83. The van der Waals surface area contributed by atoms with Gasteiger partial charge in [0.05, 0.1) is 11.7 Å². The van der Waals surface area contributed by atoms with Crippen LogP contribution in [0.25, 0.3) is 10.8 Å². The lowest BCUT2D eigenvalue weighted by Gasteiger charge is -2.34. The van der Waals surface area contributed by atoms with E-state index in [2.05, 4.69) is 66.8 Å². The van der Waals surface area contributed by atoms with Crippen LogP contribution < -0.4 is 10.1 Å². The van der Waals surface area contributed by atoms with Crippen molar-refractivity contribution >= 4 is 16.7 Å². The Morgan fingerprint density at radius 2 is 1.73 bits per heavy atom. The number of hydrogen-bond acceptors (Lipinski definition) is 3. The van der Waals surface area contributed by atoms with Gasteiger partial charge in [-0.1, -0.05) is 72.8 Å². The molecule has 0 spiro atoms. The molecule has 5 rings (SSSR count). The van der Waals surface area contributed by atoms with E-state index in [4.69, 9.17) is 4.74 Å². The van der Waals surface area contributed by atoms with Crippen molar-refractivity contribution in [3.05, 3.63) is 112 Å². The first-order valence-corrected chi connectivity index (χ1v) is 13.2. The number of rotatable bonds is 8. The highest BCUT2D eigenvalue weighted by Crippen LogP contribution is 2.43. The SMILES string of the molecule is Cc1ccc([C@H]2C[C@@H](CCCN[C@H](C)c3cccc4ccccc34)Oc3ccccc32)c(C)c1C(=O)O. The van der Waals surface area contributed by atoms with Crippen molar-refractivity contribution in [2.24, 2.45) is 0 Å². The first-order chi connectivity index (χ1) is 17.9. The Morgan fingerprint density at radius 3 is 2.57 bits per heavy atom. The van der Waals surface area contributed by atoms with E-state index < -0.39 is 5.97 Å². The second-order valence-corrected chi connectivity index (χ2v) is 10.2. The summed E-state index contributed by atoms with van der Waals surface area (Å²) in [5, 5.41) is 16.1.